The maximum absolute atomic E-state index is 13.1. The summed E-state index contributed by atoms with van der Waals surface area (Å²) in [5.41, 5.74) is 2.84. The van der Waals surface area contributed by atoms with Gasteiger partial charge in [-0.3, -0.25) is 9.69 Å². The van der Waals surface area contributed by atoms with Crippen molar-refractivity contribution in [3.8, 4) is 0 Å². The molecule has 146 valence electrons. The van der Waals surface area contributed by atoms with Crippen LogP contribution in [0.15, 0.2) is 54.6 Å². The molecule has 1 saturated heterocycles. The fraction of sp³-hybridized carbons (Fsp3) is 0.391. The highest BCUT2D eigenvalue weighted by Crippen LogP contribution is 2.30. The predicted octanol–water partition coefficient (Wildman–Crippen LogP) is 3.99. The van der Waals surface area contributed by atoms with Gasteiger partial charge in [-0.25, -0.2) is 4.98 Å². The zero-order valence-electron chi connectivity index (χ0n) is 16.9. The van der Waals surface area contributed by atoms with Gasteiger partial charge in [-0.2, -0.15) is 0 Å². The first-order valence-corrected chi connectivity index (χ1v) is 9.94. The second-order valence-corrected chi connectivity index (χ2v) is 8.62. The molecule has 28 heavy (non-hydrogen) atoms. The van der Waals surface area contributed by atoms with Gasteiger partial charge in [0, 0.05) is 31.6 Å². The highest BCUT2D eigenvalue weighted by atomic mass is 16.2. The number of amides is 1. The topological polar surface area (TPSA) is 52.2 Å². The third-order valence-corrected chi connectivity index (χ3v) is 5.34. The molecule has 1 aromatic heterocycles. The fourth-order valence-corrected chi connectivity index (χ4v) is 3.86. The van der Waals surface area contributed by atoms with Crippen LogP contribution in [0.1, 0.15) is 38.2 Å². The smallest absolute Gasteiger partial charge is 0.228 e. The van der Waals surface area contributed by atoms with Crippen LogP contribution in [0.2, 0.25) is 0 Å². The second kappa shape index (κ2) is 7.40. The summed E-state index contributed by atoms with van der Waals surface area (Å²) in [5.74, 6) is 1.05. The molecule has 4 rings (SSSR count). The summed E-state index contributed by atoms with van der Waals surface area (Å²) < 4.78 is 0. The highest BCUT2D eigenvalue weighted by molar-refractivity contribution is 5.82. The lowest BCUT2D eigenvalue weighted by Gasteiger charge is -2.43. The van der Waals surface area contributed by atoms with Crippen molar-refractivity contribution in [1.82, 2.24) is 19.8 Å². The molecule has 1 amide bonds. The molecule has 1 atom stereocenters. The lowest BCUT2D eigenvalue weighted by atomic mass is 9.93. The molecule has 2 heterocycles. The number of fused-ring (bicyclic) bond motifs is 1. The summed E-state index contributed by atoms with van der Waals surface area (Å²) in [7, 11) is 0. The molecule has 0 aliphatic carbocycles. The largest absolute Gasteiger partial charge is 0.340 e. The van der Waals surface area contributed by atoms with Gasteiger partial charge in [0.2, 0.25) is 5.91 Å². The van der Waals surface area contributed by atoms with Crippen molar-refractivity contribution in [1.29, 1.82) is 0 Å². The van der Waals surface area contributed by atoms with E-state index in [-0.39, 0.29) is 11.9 Å². The van der Waals surface area contributed by atoms with Crippen molar-refractivity contribution in [2.75, 3.05) is 19.6 Å². The van der Waals surface area contributed by atoms with Gasteiger partial charge in [-0.15, -0.1) is 0 Å². The number of piperazine rings is 1. The van der Waals surface area contributed by atoms with Gasteiger partial charge in [0.25, 0.3) is 0 Å². The van der Waals surface area contributed by atoms with Gasteiger partial charge < -0.3 is 9.88 Å². The summed E-state index contributed by atoms with van der Waals surface area (Å²) in [4.78, 5) is 25.8. The monoisotopic (exact) mass is 376 g/mol. The first kappa shape index (κ1) is 18.7. The molecule has 1 aliphatic heterocycles. The van der Waals surface area contributed by atoms with Crippen LogP contribution in [-0.2, 0) is 11.3 Å². The quantitative estimate of drug-likeness (QED) is 0.752. The number of hydrogen-bond acceptors (Lipinski definition) is 3. The molecule has 5 heteroatoms. The van der Waals surface area contributed by atoms with Gasteiger partial charge in [0.15, 0.2) is 0 Å². The minimum absolute atomic E-state index is 0.0726. The Morgan fingerprint density at radius 1 is 1.07 bits per heavy atom. The van der Waals surface area contributed by atoms with Crippen molar-refractivity contribution in [2.45, 2.75) is 33.4 Å². The summed E-state index contributed by atoms with van der Waals surface area (Å²) in [6.07, 6.45) is 0. The SMILES string of the molecule is CC(C)(C)C(=O)N1CCN(Cc2ccccc2)CC1c1nc2ccccc2[nH]1. The summed E-state index contributed by atoms with van der Waals surface area (Å²) in [5, 5.41) is 0. The van der Waals surface area contributed by atoms with E-state index >= 15 is 0 Å². The Bertz CT molecular complexity index is 924. The van der Waals surface area contributed by atoms with Crippen LogP contribution >= 0.6 is 0 Å². The van der Waals surface area contributed by atoms with Crippen LogP contribution in [0.4, 0.5) is 0 Å². The van der Waals surface area contributed by atoms with Crippen molar-refractivity contribution in [2.24, 2.45) is 5.41 Å². The Labute approximate surface area is 166 Å². The number of benzene rings is 2. The van der Waals surface area contributed by atoms with Gasteiger partial charge >= 0.3 is 0 Å². The van der Waals surface area contributed by atoms with Gasteiger partial charge in [0.1, 0.15) is 11.9 Å². The van der Waals surface area contributed by atoms with Gasteiger partial charge in [0.05, 0.1) is 11.0 Å². The van der Waals surface area contributed by atoms with E-state index in [9.17, 15) is 4.79 Å². The molecule has 2 aromatic carbocycles. The van der Waals surface area contributed by atoms with E-state index in [1.165, 1.54) is 5.56 Å². The molecule has 1 N–H and O–H groups in total. The maximum atomic E-state index is 13.1. The minimum atomic E-state index is -0.411. The number of nitrogens with one attached hydrogen (secondary N) is 1. The van der Waals surface area contributed by atoms with E-state index in [1.807, 2.05) is 56.0 Å². The van der Waals surface area contributed by atoms with Crippen LogP contribution in [-0.4, -0.2) is 45.3 Å². The summed E-state index contributed by atoms with van der Waals surface area (Å²) in [6.45, 7) is 9.20. The number of hydrogen-bond donors (Lipinski definition) is 1. The van der Waals surface area contributed by atoms with Crippen LogP contribution in [0, 0.1) is 5.41 Å². The predicted molar refractivity (Wildman–Crippen MR) is 112 cm³/mol. The fourth-order valence-electron chi connectivity index (χ4n) is 3.86. The van der Waals surface area contributed by atoms with E-state index in [2.05, 4.69) is 34.1 Å². The lowest BCUT2D eigenvalue weighted by molar-refractivity contribution is -0.145. The number of aromatic amines is 1. The number of H-pyrrole nitrogens is 1. The molecule has 1 aliphatic rings. The first-order valence-electron chi connectivity index (χ1n) is 9.94. The van der Waals surface area contributed by atoms with Crippen molar-refractivity contribution in [3.05, 3.63) is 66.0 Å². The maximum Gasteiger partial charge on any atom is 0.228 e. The van der Waals surface area contributed by atoms with Crippen LogP contribution < -0.4 is 0 Å². The summed E-state index contributed by atoms with van der Waals surface area (Å²) in [6, 6.07) is 18.5. The van der Waals surface area contributed by atoms with E-state index in [0.717, 1.165) is 36.5 Å². The Morgan fingerprint density at radius 3 is 2.50 bits per heavy atom. The van der Waals surface area contributed by atoms with Crippen molar-refractivity contribution < 1.29 is 4.79 Å². The Hall–Kier alpha value is -2.66. The zero-order valence-corrected chi connectivity index (χ0v) is 16.9. The van der Waals surface area contributed by atoms with Crippen LogP contribution in [0.5, 0.6) is 0 Å². The third-order valence-electron chi connectivity index (χ3n) is 5.34. The zero-order chi connectivity index (χ0) is 19.7. The average Bonchev–Trinajstić information content (AvgIpc) is 3.11. The number of para-hydroxylation sites is 2. The Balaban J connectivity index is 1.64. The number of rotatable bonds is 3. The molecule has 3 aromatic rings. The molecule has 0 spiro atoms. The highest BCUT2D eigenvalue weighted by Gasteiger charge is 2.37. The molecule has 0 saturated carbocycles. The van der Waals surface area contributed by atoms with E-state index in [1.54, 1.807) is 0 Å². The number of aromatic nitrogens is 2. The number of nitrogens with zero attached hydrogens (tertiary/aromatic N) is 3. The Morgan fingerprint density at radius 2 is 1.79 bits per heavy atom. The summed E-state index contributed by atoms with van der Waals surface area (Å²) >= 11 is 0. The van der Waals surface area contributed by atoms with Gasteiger partial charge in [-0.1, -0.05) is 63.2 Å². The Kier molecular flexibility index (Phi) is 4.94. The minimum Gasteiger partial charge on any atom is -0.340 e. The van der Waals surface area contributed by atoms with Crippen molar-refractivity contribution in [3.63, 3.8) is 0 Å². The lowest BCUT2D eigenvalue weighted by Crippen LogP contribution is -2.53. The molecule has 0 bridgehead atoms. The third kappa shape index (κ3) is 3.80. The van der Waals surface area contributed by atoms with E-state index in [0.29, 0.717) is 6.54 Å². The van der Waals surface area contributed by atoms with E-state index in [4.69, 9.17) is 4.98 Å². The number of carbonyl (C=O) groups is 1. The molecule has 1 unspecified atom stereocenters. The second-order valence-electron chi connectivity index (χ2n) is 8.62. The van der Waals surface area contributed by atoms with Gasteiger partial charge in [-0.05, 0) is 17.7 Å². The molecular weight excluding hydrogens is 348 g/mol. The molecule has 1 fully saturated rings. The molecular formula is C23H28N4O. The molecule has 0 radical (unpaired) electrons. The number of imidazole rings is 1. The molecule has 5 nitrogen and oxygen atoms in total. The van der Waals surface area contributed by atoms with Crippen LogP contribution in [0.25, 0.3) is 11.0 Å². The van der Waals surface area contributed by atoms with Crippen LogP contribution in [0.3, 0.4) is 0 Å². The normalized spacial score (nSPS) is 18.5. The van der Waals surface area contributed by atoms with E-state index < -0.39 is 5.41 Å². The average molecular weight is 377 g/mol. The van der Waals surface area contributed by atoms with Crippen molar-refractivity contribution >= 4 is 16.9 Å². The number of carbonyl (C=O) groups excluding carboxylic acids is 1. The first-order chi connectivity index (χ1) is 13.4. The standard InChI is InChI=1S/C23H28N4O/c1-23(2,3)22(28)27-14-13-26(15-17-9-5-4-6-10-17)16-20(27)21-24-18-11-7-8-12-19(18)25-21/h4-12,20H,13-16H2,1-3H3,(H,24,25).